The van der Waals surface area contributed by atoms with E-state index in [2.05, 4.69) is 10.4 Å². The molecule has 7 nitrogen and oxygen atoms in total. The monoisotopic (exact) mass is 275 g/mol. The maximum Gasteiger partial charge on any atom is 0.337 e. The standard InChI is InChI=1S/C13H13N3O4/c1-7-5-11(16(2)15-7)12(18)14-10-4-3-8(17)6-9(10)13(19)20/h3-6,17H,1-2H3,(H,14,18)(H,19,20). The van der Waals surface area contributed by atoms with Crippen molar-refractivity contribution in [2.45, 2.75) is 6.92 Å². The molecule has 0 aliphatic carbocycles. The van der Waals surface area contributed by atoms with E-state index in [1.54, 1.807) is 20.0 Å². The third-order valence-electron chi connectivity index (χ3n) is 2.72. The van der Waals surface area contributed by atoms with Gasteiger partial charge in [-0.25, -0.2) is 4.79 Å². The second kappa shape index (κ2) is 5.04. The van der Waals surface area contributed by atoms with Crippen LogP contribution in [0, 0.1) is 6.92 Å². The number of amides is 1. The summed E-state index contributed by atoms with van der Waals surface area (Å²) in [7, 11) is 1.62. The quantitative estimate of drug-likeness (QED) is 0.734. The summed E-state index contributed by atoms with van der Waals surface area (Å²) in [5, 5.41) is 24.9. The molecule has 1 aromatic heterocycles. The lowest BCUT2D eigenvalue weighted by molar-refractivity contribution is 0.0697. The van der Waals surface area contributed by atoms with Crippen LogP contribution in [0.25, 0.3) is 0 Å². The summed E-state index contributed by atoms with van der Waals surface area (Å²) in [6.07, 6.45) is 0. The van der Waals surface area contributed by atoms with E-state index < -0.39 is 11.9 Å². The fraction of sp³-hybridized carbons (Fsp3) is 0.154. The number of carbonyl (C=O) groups excluding carboxylic acids is 1. The number of aromatic hydroxyl groups is 1. The Morgan fingerprint density at radius 1 is 1.30 bits per heavy atom. The second-order valence-corrected chi connectivity index (χ2v) is 4.28. The molecule has 104 valence electrons. The third kappa shape index (κ3) is 2.61. The zero-order chi connectivity index (χ0) is 14.9. The van der Waals surface area contributed by atoms with E-state index in [1.807, 2.05) is 0 Å². The van der Waals surface area contributed by atoms with Crippen LogP contribution < -0.4 is 5.32 Å². The molecule has 0 unspecified atom stereocenters. The van der Waals surface area contributed by atoms with Crippen LogP contribution in [0.1, 0.15) is 26.5 Å². The Balaban J connectivity index is 2.33. The van der Waals surface area contributed by atoms with Crippen LogP contribution in [0.15, 0.2) is 24.3 Å². The highest BCUT2D eigenvalue weighted by atomic mass is 16.4. The number of carboxylic acid groups (broad SMARTS) is 1. The SMILES string of the molecule is Cc1cc(C(=O)Nc2ccc(O)cc2C(=O)O)n(C)n1. The highest BCUT2D eigenvalue weighted by Crippen LogP contribution is 2.22. The van der Waals surface area contributed by atoms with Gasteiger partial charge in [0.15, 0.2) is 0 Å². The van der Waals surface area contributed by atoms with Crippen LogP contribution in [0.3, 0.4) is 0 Å². The van der Waals surface area contributed by atoms with E-state index in [1.165, 1.54) is 16.8 Å². The first-order valence-corrected chi connectivity index (χ1v) is 5.77. The predicted octanol–water partition coefficient (Wildman–Crippen LogP) is 1.38. The molecule has 0 radical (unpaired) electrons. The molecule has 1 amide bonds. The Bertz CT molecular complexity index is 691. The maximum absolute atomic E-state index is 12.1. The van der Waals surface area contributed by atoms with Crippen molar-refractivity contribution in [2.75, 3.05) is 5.32 Å². The number of phenols is 1. The molecule has 2 rings (SSSR count). The number of rotatable bonds is 3. The molecular weight excluding hydrogens is 262 g/mol. The number of carbonyl (C=O) groups is 2. The lowest BCUT2D eigenvalue weighted by Gasteiger charge is -2.08. The maximum atomic E-state index is 12.1. The number of aromatic nitrogens is 2. The number of nitrogens with one attached hydrogen (secondary N) is 1. The Morgan fingerprint density at radius 3 is 2.55 bits per heavy atom. The predicted molar refractivity (Wildman–Crippen MR) is 71.0 cm³/mol. The van der Waals surface area contributed by atoms with E-state index in [4.69, 9.17) is 5.11 Å². The van der Waals surface area contributed by atoms with Crippen LogP contribution >= 0.6 is 0 Å². The van der Waals surface area contributed by atoms with Gasteiger partial charge in [0, 0.05) is 7.05 Å². The van der Waals surface area contributed by atoms with E-state index >= 15 is 0 Å². The number of carboxylic acids is 1. The van der Waals surface area contributed by atoms with Gasteiger partial charge in [-0.1, -0.05) is 0 Å². The van der Waals surface area contributed by atoms with Gasteiger partial charge in [0.1, 0.15) is 11.4 Å². The number of phenolic OH excluding ortho intramolecular Hbond substituents is 1. The van der Waals surface area contributed by atoms with E-state index in [0.29, 0.717) is 11.4 Å². The van der Waals surface area contributed by atoms with Crippen LogP contribution in [-0.2, 0) is 7.05 Å². The first-order valence-electron chi connectivity index (χ1n) is 5.77. The minimum atomic E-state index is -1.24. The summed E-state index contributed by atoms with van der Waals surface area (Å²) in [5.74, 6) is -1.89. The van der Waals surface area contributed by atoms with Crippen molar-refractivity contribution in [3.63, 3.8) is 0 Å². The third-order valence-corrected chi connectivity index (χ3v) is 2.72. The Morgan fingerprint density at radius 2 is 2.00 bits per heavy atom. The molecule has 0 saturated heterocycles. The van der Waals surface area contributed by atoms with Gasteiger partial charge in [-0.2, -0.15) is 5.10 Å². The molecule has 0 bridgehead atoms. The Labute approximate surface area is 114 Å². The van der Waals surface area contributed by atoms with Crippen molar-refractivity contribution < 1.29 is 19.8 Å². The van der Waals surface area contributed by atoms with Gasteiger partial charge in [0.05, 0.1) is 16.9 Å². The summed E-state index contributed by atoms with van der Waals surface area (Å²) in [6.45, 7) is 1.75. The fourth-order valence-corrected chi connectivity index (χ4v) is 1.83. The van der Waals surface area contributed by atoms with E-state index in [9.17, 15) is 14.7 Å². The van der Waals surface area contributed by atoms with Gasteiger partial charge in [0.25, 0.3) is 5.91 Å². The number of nitrogens with zero attached hydrogens (tertiary/aromatic N) is 2. The fourth-order valence-electron chi connectivity index (χ4n) is 1.83. The molecule has 0 saturated carbocycles. The average molecular weight is 275 g/mol. The van der Waals surface area contributed by atoms with Crippen molar-refractivity contribution in [1.82, 2.24) is 9.78 Å². The number of aryl methyl sites for hydroxylation is 2. The molecule has 20 heavy (non-hydrogen) atoms. The van der Waals surface area contributed by atoms with Gasteiger partial charge in [-0.3, -0.25) is 9.48 Å². The smallest absolute Gasteiger partial charge is 0.337 e. The summed E-state index contributed by atoms with van der Waals surface area (Å²) < 4.78 is 1.41. The topological polar surface area (TPSA) is 104 Å². The van der Waals surface area contributed by atoms with Gasteiger partial charge in [-0.05, 0) is 31.2 Å². The van der Waals surface area contributed by atoms with Crippen LogP contribution in [-0.4, -0.2) is 31.9 Å². The molecule has 0 aliphatic heterocycles. The molecule has 2 aromatic rings. The molecule has 1 aromatic carbocycles. The largest absolute Gasteiger partial charge is 0.508 e. The summed E-state index contributed by atoms with van der Waals surface area (Å²) >= 11 is 0. The molecule has 1 heterocycles. The van der Waals surface area contributed by atoms with Crippen molar-refractivity contribution >= 4 is 17.6 Å². The van der Waals surface area contributed by atoms with Crippen molar-refractivity contribution in [3.8, 4) is 5.75 Å². The minimum absolute atomic E-state index is 0.110. The molecule has 3 N–H and O–H groups in total. The minimum Gasteiger partial charge on any atom is -0.508 e. The normalized spacial score (nSPS) is 10.3. The Kier molecular flexibility index (Phi) is 3.43. The van der Waals surface area contributed by atoms with Crippen LogP contribution in [0.4, 0.5) is 5.69 Å². The highest BCUT2D eigenvalue weighted by molar-refractivity contribution is 6.07. The highest BCUT2D eigenvalue weighted by Gasteiger charge is 2.16. The van der Waals surface area contributed by atoms with Crippen LogP contribution in [0.5, 0.6) is 5.75 Å². The number of benzene rings is 1. The zero-order valence-corrected chi connectivity index (χ0v) is 10.9. The molecule has 0 spiro atoms. The van der Waals surface area contributed by atoms with E-state index in [0.717, 1.165) is 6.07 Å². The van der Waals surface area contributed by atoms with Crippen molar-refractivity contribution in [1.29, 1.82) is 0 Å². The lowest BCUT2D eigenvalue weighted by atomic mass is 10.1. The zero-order valence-electron chi connectivity index (χ0n) is 10.9. The first kappa shape index (κ1) is 13.6. The summed E-state index contributed by atoms with van der Waals surface area (Å²) in [4.78, 5) is 23.2. The summed E-state index contributed by atoms with van der Waals surface area (Å²) in [6, 6.07) is 5.30. The number of aromatic carboxylic acids is 1. The molecule has 0 fully saturated rings. The summed E-state index contributed by atoms with van der Waals surface area (Å²) in [5.41, 5.74) is 0.921. The van der Waals surface area contributed by atoms with Crippen molar-refractivity contribution in [3.05, 3.63) is 41.2 Å². The Hall–Kier alpha value is -2.83. The molecular formula is C13H13N3O4. The van der Waals surface area contributed by atoms with Gasteiger partial charge < -0.3 is 15.5 Å². The van der Waals surface area contributed by atoms with Crippen molar-refractivity contribution in [2.24, 2.45) is 7.05 Å². The lowest BCUT2D eigenvalue weighted by Crippen LogP contribution is -2.18. The van der Waals surface area contributed by atoms with Gasteiger partial charge >= 0.3 is 5.97 Å². The van der Waals surface area contributed by atoms with E-state index in [-0.39, 0.29) is 17.0 Å². The first-order chi connectivity index (χ1) is 9.38. The molecule has 0 aliphatic rings. The second-order valence-electron chi connectivity index (χ2n) is 4.28. The molecule has 7 heteroatoms. The molecule has 0 atom stereocenters. The van der Waals surface area contributed by atoms with Crippen LogP contribution in [0.2, 0.25) is 0 Å². The number of hydrogen-bond acceptors (Lipinski definition) is 4. The number of anilines is 1. The number of hydrogen-bond donors (Lipinski definition) is 3. The van der Waals surface area contributed by atoms with Gasteiger partial charge in [-0.15, -0.1) is 0 Å². The average Bonchev–Trinajstić information content (AvgIpc) is 2.70. The van der Waals surface area contributed by atoms with Gasteiger partial charge in [0.2, 0.25) is 0 Å².